The maximum Gasteiger partial charge on any atom is 0.414 e. The summed E-state index contributed by atoms with van der Waals surface area (Å²) < 4.78 is 61.7. The fourth-order valence-electron chi connectivity index (χ4n) is 3.48. The Bertz CT molecular complexity index is 945. The Morgan fingerprint density at radius 2 is 1.81 bits per heavy atom. The molecule has 1 amide bonds. The number of amides is 1. The lowest BCUT2D eigenvalue weighted by Crippen LogP contribution is -2.52. The summed E-state index contributed by atoms with van der Waals surface area (Å²) in [5.74, 6) is -1.66. The first-order valence-electron chi connectivity index (χ1n) is 9.65. The minimum absolute atomic E-state index is 0.0548. The molecule has 0 bridgehead atoms. The molecule has 31 heavy (non-hydrogen) atoms. The zero-order valence-electron chi connectivity index (χ0n) is 17.5. The molecule has 2 heterocycles. The number of cyclic esters (lactones) is 1. The Kier molecular flexibility index (Phi) is 6.98. The van der Waals surface area contributed by atoms with Gasteiger partial charge in [0.1, 0.15) is 11.8 Å². The van der Waals surface area contributed by atoms with Crippen LogP contribution in [0.4, 0.5) is 25.0 Å². The Hall–Kier alpha value is -2.09. The number of benzene rings is 1. The first kappa shape index (κ1) is 23.6. The number of hydrogen-bond donors (Lipinski definition) is 1. The lowest BCUT2D eigenvalue weighted by Gasteiger charge is -2.36. The fourth-order valence-corrected chi connectivity index (χ4v) is 4.65. The quantitative estimate of drug-likeness (QED) is 0.616. The average molecular weight is 478 g/mol. The van der Waals surface area contributed by atoms with Crippen molar-refractivity contribution in [2.24, 2.45) is 0 Å². The molecule has 2 fully saturated rings. The molecule has 0 saturated carbocycles. The molecule has 2 aliphatic heterocycles. The van der Waals surface area contributed by atoms with Gasteiger partial charge in [-0.3, -0.25) is 4.90 Å². The van der Waals surface area contributed by atoms with Crippen LogP contribution in [-0.2, 0) is 14.9 Å². The van der Waals surface area contributed by atoms with Crippen molar-refractivity contribution in [2.75, 3.05) is 63.2 Å². The van der Waals surface area contributed by atoms with E-state index in [1.807, 2.05) is 0 Å². The highest BCUT2D eigenvalue weighted by atomic mass is 32.2. The van der Waals surface area contributed by atoms with Gasteiger partial charge in [0.05, 0.1) is 23.8 Å². The largest absolute Gasteiger partial charge is 0.442 e. The van der Waals surface area contributed by atoms with Crippen LogP contribution in [-0.4, -0.2) is 87.6 Å². The zero-order valence-corrected chi connectivity index (χ0v) is 19.1. The van der Waals surface area contributed by atoms with Gasteiger partial charge in [-0.05, 0) is 6.92 Å². The van der Waals surface area contributed by atoms with E-state index in [1.165, 1.54) is 28.2 Å². The summed E-state index contributed by atoms with van der Waals surface area (Å²) in [6.07, 6.45) is -1.19. The van der Waals surface area contributed by atoms with Gasteiger partial charge in [0.2, 0.25) is 0 Å². The first-order chi connectivity index (χ1) is 14.5. The Balaban J connectivity index is 1.72. The van der Waals surface area contributed by atoms with Crippen molar-refractivity contribution >= 4 is 44.9 Å². The second kappa shape index (κ2) is 9.18. The van der Waals surface area contributed by atoms with Gasteiger partial charge >= 0.3 is 6.09 Å². The molecule has 1 N–H and O–H groups in total. The number of piperazine rings is 1. The monoisotopic (exact) mass is 477 g/mol. The van der Waals surface area contributed by atoms with Gasteiger partial charge in [-0.15, -0.1) is 0 Å². The van der Waals surface area contributed by atoms with Gasteiger partial charge in [-0.25, -0.2) is 13.6 Å². The van der Waals surface area contributed by atoms with E-state index >= 15 is 0 Å². The molecule has 0 spiro atoms. The van der Waals surface area contributed by atoms with E-state index in [0.717, 1.165) is 16.4 Å². The van der Waals surface area contributed by atoms with Gasteiger partial charge in [0.15, 0.2) is 11.6 Å². The summed E-state index contributed by atoms with van der Waals surface area (Å²) in [5, 5.41) is 2.90. The molecular weight excluding hydrogens is 452 g/mol. The highest BCUT2D eigenvalue weighted by Crippen LogP contribution is 2.31. The second-order valence-corrected chi connectivity index (χ2v) is 10.2. The molecular formula is C18H25F2N5O4S2. The third-order valence-corrected chi connectivity index (χ3v) is 7.19. The maximum absolute atomic E-state index is 14.9. The lowest BCUT2D eigenvalue weighted by molar-refractivity contribution is 0.143. The molecule has 1 aromatic rings. The molecule has 2 aliphatic rings. The van der Waals surface area contributed by atoms with E-state index in [-0.39, 0.29) is 44.1 Å². The molecule has 3 rings (SSSR count). The number of anilines is 2. The van der Waals surface area contributed by atoms with E-state index < -0.39 is 34.0 Å². The van der Waals surface area contributed by atoms with Crippen LogP contribution in [0.3, 0.4) is 0 Å². The van der Waals surface area contributed by atoms with Crippen LogP contribution in [0.2, 0.25) is 0 Å². The summed E-state index contributed by atoms with van der Waals surface area (Å²) in [5.41, 5.74) is -0.188. The molecule has 0 aromatic heterocycles. The number of rotatable bonds is 6. The van der Waals surface area contributed by atoms with E-state index in [4.69, 9.17) is 17.0 Å². The van der Waals surface area contributed by atoms with Crippen molar-refractivity contribution in [3.05, 3.63) is 23.8 Å². The van der Waals surface area contributed by atoms with Gasteiger partial charge < -0.3 is 15.0 Å². The number of hydrogen-bond acceptors (Lipinski definition) is 6. The van der Waals surface area contributed by atoms with Crippen molar-refractivity contribution in [1.82, 2.24) is 13.9 Å². The van der Waals surface area contributed by atoms with Gasteiger partial charge in [-0.2, -0.15) is 17.0 Å². The second-order valence-electron chi connectivity index (χ2n) is 7.49. The average Bonchev–Trinajstić information content (AvgIpc) is 3.07. The highest BCUT2D eigenvalue weighted by molar-refractivity contribution is 7.86. The molecule has 9 nitrogen and oxygen atoms in total. The summed E-state index contributed by atoms with van der Waals surface area (Å²) in [7, 11) is -0.722. The standard InChI is InChI=1S/C18H25F2N5O4S2/c1-12(30)21-10-14-11-25(18(26)29-14)13-8-15(19)17(16(20)9-13)23-4-6-24(7-5-23)31(27,28)22(2)3/h8-9,14H,4-7,10-11H2,1-3H3,(H,21,30)/t14-/m0/s1. The topological polar surface area (TPSA) is 85.4 Å². The molecule has 0 aliphatic carbocycles. The van der Waals surface area contributed by atoms with Gasteiger partial charge in [-0.1, -0.05) is 12.2 Å². The van der Waals surface area contributed by atoms with Crippen LogP contribution in [0, 0.1) is 11.6 Å². The fraction of sp³-hybridized carbons (Fsp3) is 0.556. The SMILES string of the molecule is CC(=S)NC[C@H]1CN(c2cc(F)c(N3CCN(S(=O)(=O)N(C)C)CC3)c(F)c2)C(=O)O1. The number of carbonyl (C=O) groups excluding carboxylic acids is 1. The van der Waals surface area contributed by atoms with Gasteiger partial charge in [0, 0.05) is 52.4 Å². The number of ether oxygens (including phenoxy) is 1. The Labute approximate surface area is 185 Å². The molecule has 172 valence electrons. The predicted molar refractivity (Wildman–Crippen MR) is 117 cm³/mol. The third kappa shape index (κ3) is 5.05. The smallest absolute Gasteiger partial charge is 0.414 e. The summed E-state index contributed by atoms with van der Waals surface area (Å²) >= 11 is 4.93. The molecule has 13 heteroatoms. The molecule has 0 unspecified atom stereocenters. The third-order valence-electron chi connectivity index (χ3n) is 5.11. The van der Waals surface area contributed by atoms with Crippen molar-refractivity contribution in [3.8, 4) is 0 Å². The first-order valence-corrected chi connectivity index (χ1v) is 11.5. The maximum atomic E-state index is 14.9. The van der Waals surface area contributed by atoms with Crippen LogP contribution in [0.1, 0.15) is 6.92 Å². The van der Waals surface area contributed by atoms with Crippen molar-refractivity contribution in [3.63, 3.8) is 0 Å². The normalized spacial score (nSPS) is 20.3. The number of carbonyl (C=O) groups is 1. The van der Waals surface area contributed by atoms with E-state index in [2.05, 4.69) is 5.32 Å². The van der Waals surface area contributed by atoms with Crippen LogP contribution >= 0.6 is 12.2 Å². The summed E-state index contributed by atoms with van der Waals surface area (Å²) in [6.45, 7) is 2.62. The summed E-state index contributed by atoms with van der Waals surface area (Å²) in [4.78, 5) is 15.3. The van der Waals surface area contributed by atoms with Crippen LogP contribution in [0.25, 0.3) is 0 Å². The van der Waals surface area contributed by atoms with Crippen molar-refractivity contribution in [1.29, 1.82) is 0 Å². The highest BCUT2D eigenvalue weighted by Gasteiger charge is 2.34. The molecule has 0 radical (unpaired) electrons. The minimum Gasteiger partial charge on any atom is -0.442 e. The van der Waals surface area contributed by atoms with Crippen LogP contribution < -0.4 is 15.1 Å². The van der Waals surface area contributed by atoms with Gasteiger partial charge in [0.25, 0.3) is 10.2 Å². The predicted octanol–water partition coefficient (Wildman–Crippen LogP) is 1.16. The van der Waals surface area contributed by atoms with E-state index in [9.17, 15) is 22.0 Å². The molecule has 2 saturated heterocycles. The Morgan fingerprint density at radius 3 is 2.32 bits per heavy atom. The number of thiocarbonyl (C=S) groups is 1. The van der Waals surface area contributed by atoms with Crippen LogP contribution in [0.15, 0.2) is 12.1 Å². The number of nitrogens with zero attached hydrogens (tertiary/aromatic N) is 4. The van der Waals surface area contributed by atoms with E-state index in [0.29, 0.717) is 11.5 Å². The van der Waals surface area contributed by atoms with Crippen LogP contribution in [0.5, 0.6) is 0 Å². The number of halogens is 2. The summed E-state index contributed by atoms with van der Waals surface area (Å²) in [6, 6.07) is 2.17. The molecule has 1 atom stereocenters. The molecule has 1 aromatic carbocycles. The van der Waals surface area contributed by atoms with E-state index in [1.54, 1.807) is 6.92 Å². The number of nitrogens with one attached hydrogen (secondary N) is 1. The van der Waals surface area contributed by atoms with Crippen molar-refractivity contribution in [2.45, 2.75) is 13.0 Å². The lowest BCUT2D eigenvalue weighted by atomic mass is 10.2. The van der Waals surface area contributed by atoms with Crippen molar-refractivity contribution < 1.29 is 26.7 Å². The zero-order chi connectivity index (χ0) is 22.9. The Morgan fingerprint density at radius 1 is 1.23 bits per heavy atom. The minimum atomic E-state index is -3.58.